The Hall–Kier alpha value is -2.14. The minimum Gasteiger partial charge on any atom is -0.343 e. The second-order valence-electron chi connectivity index (χ2n) is 4.92. The van der Waals surface area contributed by atoms with Crippen LogP contribution in [0, 0.1) is 0 Å². The number of para-hydroxylation sites is 1. The fourth-order valence-electron chi connectivity index (χ4n) is 2.03. The molecule has 0 aliphatic carbocycles. The first-order chi connectivity index (χ1) is 9.54. The Kier molecular flexibility index (Phi) is 4.20. The molecule has 0 aliphatic heterocycles. The molecule has 1 aromatic carbocycles. The summed E-state index contributed by atoms with van der Waals surface area (Å²) in [6, 6.07) is 9.54. The molecule has 106 valence electrons. The second kappa shape index (κ2) is 5.88. The van der Waals surface area contributed by atoms with E-state index in [1.165, 1.54) is 4.90 Å². The Balaban J connectivity index is 2.40. The van der Waals surface area contributed by atoms with Crippen molar-refractivity contribution in [2.24, 2.45) is 5.73 Å². The summed E-state index contributed by atoms with van der Waals surface area (Å²) in [6.07, 6.45) is 2.64. The first kappa shape index (κ1) is 14.3. The van der Waals surface area contributed by atoms with Crippen LogP contribution in [0.15, 0.2) is 36.5 Å². The SMILES string of the molecule is CCC(N)c1ccccc1-n1ccc(C(=O)N(C)C)n1. The van der Waals surface area contributed by atoms with Crippen LogP contribution in [-0.4, -0.2) is 34.7 Å². The lowest BCUT2D eigenvalue weighted by atomic mass is 10.0. The molecule has 5 heteroatoms. The van der Waals surface area contributed by atoms with E-state index in [9.17, 15) is 4.79 Å². The van der Waals surface area contributed by atoms with Crippen molar-refractivity contribution in [3.05, 3.63) is 47.8 Å². The molecule has 1 amide bonds. The summed E-state index contributed by atoms with van der Waals surface area (Å²) in [5.74, 6) is -0.110. The molecule has 2 N–H and O–H groups in total. The lowest BCUT2D eigenvalue weighted by Crippen LogP contribution is -2.22. The van der Waals surface area contributed by atoms with Crippen molar-refractivity contribution in [2.75, 3.05) is 14.1 Å². The van der Waals surface area contributed by atoms with Gasteiger partial charge in [-0.3, -0.25) is 4.79 Å². The van der Waals surface area contributed by atoms with Gasteiger partial charge in [0.1, 0.15) is 0 Å². The number of carbonyl (C=O) groups is 1. The monoisotopic (exact) mass is 272 g/mol. The molecule has 2 aromatic rings. The zero-order chi connectivity index (χ0) is 14.7. The fraction of sp³-hybridized carbons (Fsp3) is 0.333. The number of nitrogens with two attached hydrogens (primary N) is 1. The topological polar surface area (TPSA) is 64.2 Å². The number of carbonyl (C=O) groups excluding carboxylic acids is 1. The quantitative estimate of drug-likeness (QED) is 0.925. The number of hydrogen-bond acceptors (Lipinski definition) is 3. The van der Waals surface area contributed by atoms with Gasteiger partial charge in [0.2, 0.25) is 0 Å². The highest BCUT2D eigenvalue weighted by Gasteiger charge is 2.15. The average Bonchev–Trinajstić information content (AvgIpc) is 2.95. The molecule has 0 spiro atoms. The molecule has 0 saturated carbocycles. The zero-order valence-electron chi connectivity index (χ0n) is 12.1. The maximum Gasteiger partial charge on any atom is 0.273 e. The molecular weight excluding hydrogens is 252 g/mol. The molecule has 0 bridgehead atoms. The van der Waals surface area contributed by atoms with E-state index in [4.69, 9.17) is 5.73 Å². The van der Waals surface area contributed by atoms with Gasteiger partial charge in [0.15, 0.2) is 5.69 Å². The Morgan fingerprint density at radius 1 is 1.35 bits per heavy atom. The first-order valence-electron chi connectivity index (χ1n) is 6.66. The van der Waals surface area contributed by atoms with E-state index >= 15 is 0 Å². The highest BCUT2D eigenvalue weighted by atomic mass is 16.2. The van der Waals surface area contributed by atoms with Gasteiger partial charge in [0.05, 0.1) is 5.69 Å². The van der Waals surface area contributed by atoms with Gasteiger partial charge in [-0.2, -0.15) is 5.10 Å². The second-order valence-corrected chi connectivity index (χ2v) is 4.92. The molecule has 0 saturated heterocycles. The van der Waals surface area contributed by atoms with E-state index in [2.05, 4.69) is 5.10 Å². The summed E-state index contributed by atoms with van der Waals surface area (Å²) in [7, 11) is 3.42. The normalized spacial score (nSPS) is 12.2. The molecule has 1 heterocycles. The van der Waals surface area contributed by atoms with Gasteiger partial charge >= 0.3 is 0 Å². The minimum atomic E-state index is -0.110. The first-order valence-corrected chi connectivity index (χ1v) is 6.66. The molecule has 1 aromatic heterocycles. The van der Waals surface area contributed by atoms with Gasteiger partial charge in [0.25, 0.3) is 5.91 Å². The van der Waals surface area contributed by atoms with Crippen LogP contribution in [0.3, 0.4) is 0 Å². The maximum absolute atomic E-state index is 11.9. The van der Waals surface area contributed by atoms with Crippen LogP contribution in [0.2, 0.25) is 0 Å². The van der Waals surface area contributed by atoms with Crippen molar-refractivity contribution in [3.63, 3.8) is 0 Å². The van der Waals surface area contributed by atoms with Crippen LogP contribution in [0.25, 0.3) is 5.69 Å². The van der Waals surface area contributed by atoms with Gasteiger partial charge in [-0.1, -0.05) is 25.1 Å². The lowest BCUT2D eigenvalue weighted by molar-refractivity contribution is 0.0821. The van der Waals surface area contributed by atoms with Crippen molar-refractivity contribution in [3.8, 4) is 5.69 Å². The number of nitrogens with zero attached hydrogens (tertiary/aromatic N) is 3. The van der Waals surface area contributed by atoms with Crippen molar-refractivity contribution < 1.29 is 4.79 Å². The van der Waals surface area contributed by atoms with Crippen LogP contribution < -0.4 is 5.73 Å². The van der Waals surface area contributed by atoms with Gasteiger partial charge in [-0.05, 0) is 24.1 Å². The third-order valence-corrected chi connectivity index (χ3v) is 3.24. The van der Waals surface area contributed by atoms with Crippen LogP contribution >= 0.6 is 0 Å². The van der Waals surface area contributed by atoms with Crippen LogP contribution in [0.1, 0.15) is 35.4 Å². The Morgan fingerprint density at radius 3 is 2.70 bits per heavy atom. The van der Waals surface area contributed by atoms with Crippen LogP contribution in [0.4, 0.5) is 0 Å². The van der Waals surface area contributed by atoms with E-state index in [1.54, 1.807) is 31.0 Å². The number of amides is 1. The summed E-state index contributed by atoms with van der Waals surface area (Å²) in [5, 5.41) is 4.35. The van der Waals surface area contributed by atoms with Gasteiger partial charge < -0.3 is 10.6 Å². The van der Waals surface area contributed by atoms with Crippen molar-refractivity contribution >= 4 is 5.91 Å². The zero-order valence-corrected chi connectivity index (χ0v) is 12.1. The van der Waals surface area contributed by atoms with Crippen molar-refractivity contribution in [1.82, 2.24) is 14.7 Å². The lowest BCUT2D eigenvalue weighted by Gasteiger charge is -2.14. The molecule has 1 unspecified atom stereocenters. The highest BCUT2D eigenvalue weighted by molar-refractivity contribution is 5.91. The fourth-order valence-corrected chi connectivity index (χ4v) is 2.03. The smallest absolute Gasteiger partial charge is 0.273 e. The maximum atomic E-state index is 11.9. The highest BCUT2D eigenvalue weighted by Crippen LogP contribution is 2.21. The largest absolute Gasteiger partial charge is 0.343 e. The molecule has 0 fully saturated rings. The minimum absolute atomic E-state index is 0.0385. The van der Waals surface area contributed by atoms with Crippen LogP contribution in [-0.2, 0) is 0 Å². The van der Waals surface area contributed by atoms with E-state index in [-0.39, 0.29) is 11.9 Å². The van der Waals surface area contributed by atoms with Gasteiger partial charge in [-0.25, -0.2) is 4.68 Å². The summed E-state index contributed by atoms with van der Waals surface area (Å²) >= 11 is 0. The molecular formula is C15H20N4O. The number of hydrogen-bond donors (Lipinski definition) is 1. The predicted molar refractivity (Wildman–Crippen MR) is 78.8 cm³/mol. The van der Waals surface area contributed by atoms with Gasteiger partial charge in [-0.15, -0.1) is 0 Å². The standard InChI is InChI=1S/C15H20N4O/c1-4-12(16)11-7-5-6-8-14(11)19-10-9-13(17-19)15(20)18(2)3/h5-10,12H,4,16H2,1-3H3. The summed E-state index contributed by atoms with van der Waals surface area (Å²) in [6.45, 7) is 2.05. The molecule has 20 heavy (non-hydrogen) atoms. The van der Waals surface area contributed by atoms with Crippen LogP contribution in [0.5, 0.6) is 0 Å². The number of aromatic nitrogens is 2. The predicted octanol–water partition coefficient (Wildman–Crippen LogP) is 1.98. The third-order valence-electron chi connectivity index (χ3n) is 3.24. The Labute approximate surface area is 119 Å². The number of benzene rings is 1. The van der Waals surface area contributed by atoms with Crippen molar-refractivity contribution in [1.29, 1.82) is 0 Å². The third kappa shape index (κ3) is 2.72. The molecule has 0 aliphatic rings. The molecule has 0 radical (unpaired) electrons. The van der Waals surface area contributed by atoms with E-state index in [1.807, 2.05) is 31.2 Å². The molecule has 1 atom stereocenters. The molecule has 2 rings (SSSR count). The van der Waals surface area contributed by atoms with E-state index in [0.717, 1.165) is 17.7 Å². The van der Waals surface area contributed by atoms with Crippen molar-refractivity contribution in [2.45, 2.75) is 19.4 Å². The molecule has 5 nitrogen and oxygen atoms in total. The summed E-state index contributed by atoms with van der Waals surface area (Å²) in [5.41, 5.74) is 8.50. The average molecular weight is 272 g/mol. The van der Waals surface area contributed by atoms with E-state index in [0.29, 0.717) is 5.69 Å². The number of rotatable bonds is 4. The summed E-state index contributed by atoms with van der Waals surface area (Å²) in [4.78, 5) is 13.4. The Bertz CT molecular complexity index is 603. The van der Waals surface area contributed by atoms with E-state index < -0.39 is 0 Å². The van der Waals surface area contributed by atoms with Gasteiger partial charge in [0, 0.05) is 26.3 Å². The summed E-state index contributed by atoms with van der Waals surface area (Å²) < 4.78 is 1.71. The Morgan fingerprint density at radius 2 is 2.05 bits per heavy atom.